The van der Waals surface area contributed by atoms with Gasteiger partial charge in [-0.05, 0) is 31.9 Å². The van der Waals surface area contributed by atoms with Gasteiger partial charge in [0.1, 0.15) is 11.6 Å². The summed E-state index contributed by atoms with van der Waals surface area (Å²) < 4.78 is 24.8. The van der Waals surface area contributed by atoms with E-state index in [1.54, 1.807) is 19.2 Å². The summed E-state index contributed by atoms with van der Waals surface area (Å²) in [5.41, 5.74) is 5.51. The van der Waals surface area contributed by atoms with Crippen LogP contribution < -0.4 is 10.5 Å². The molecule has 1 aromatic rings. The van der Waals surface area contributed by atoms with Crippen LogP contribution >= 0.6 is 0 Å². The fourth-order valence-corrected chi connectivity index (χ4v) is 3.17. The first-order valence-electron chi connectivity index (χ1n) is 7.86. The van der Waals surface area contributed by atoms with Crippen molar-refractivity contribution < 1.29 is 18.7 Å². The molecule has 1 heterocycles. The van der Waals surface area contributed by atoms with Crippen molar-refractivity contribution in [3.05, 3.63) is 29.6 Å². The van der Waals surface area contributed by atoms with Crippen molar-refractivity contribution in [3.8, 4) is 5.75 Å². The molecule has 0 spiro atoms. The molecule has 128 valence electrons. The predicted molar refractivity (Wildman–Crippen MR) is 85.6 cm³/mol. The molecule has 2 N–H and O–H groups in total. The van der Waals surface area contributed by atoms with Crippen LogP contribution in [-0.2, 0) is 16.1 Å². The number of hydrogen-bond donors (Lipinski definition) is 1. The molecule has 1 amide bonds. The van der Waals surface area contributed by atoms with E-state index in [2.05, 4.69) is 4.90 Å². The number of ether oxygens (including phenoxy) is 2. The minimum absolute atomic E-state index is 0.268. The number of halogens is 1. The Balaban J connectivity index is 2.04. The Morgan fingerprint density at radius 3 is 2.83 bits per heavy atom. The lowest BCUT2D eigenvalue weighted by Crippen LogP contribution is -2.49. The lowest BCUT2D eigenvalue weighted by Gasteiger charge is -2.42. The zero-order valence-electron chi connectivity index (χ0n) is 13.8. The fourth-order valence-electron chi connectivity index (χ4n) is 3.17. The predicted octanol–water partition coefficient (Wildman–Crippen LogP) is 2.08. The van der Waals surface area contributed by atoms with E-state index >= 15 is 0 Å². The van der Waals surface area contributed by atoms with Crippen LogP contribution in [0.15, 0.2) is 18.2 Å². The van der Waals surface area contributed by atoms with Gasteiger partial charge in [0.2, 0.25) is 5.91 Å². The number of likely N-dealkylation sites (tertiary alicyclic amines) is 1. The van der Waals surface area contributed by atoms with Crippen LogP contribution in [0.25, 0.3) is 0 Å². The third-order valence-corrected chi connectivity index (χ3v) is 4.53. The average molecular weight is 324 g/mol. The molecule has 0 radical (unpaired) electrons. The van der Waals surface area contributed by atoms with E-state index in [9.17, 15) is 9.18 Å². The van der Waals surface area contributed by atoms with Gasteiger partial charge < -0.3 is 15.2 Å². The number of primary amides is 1. The molecule has 2 rings (SSSR count). The topological polar surface area (TPSA) is 64.8 Å². The van der Waals surface area contributed by atoms with Crippen molar-refractivity contribution in [3.63, 3.8) is 0 Å². The smallest absolute Gasteiger partial charge is 0.217 e. The van der Waals surface area contributed by atoms with Crippen molar-refractivity contribution in [1.82, 2.24) is 4.90 Å². The largest absolute Gasteiger partial charge is 0.497 e. The molecule has 0 aromatic heterocycles. The second-order valence-corrected chi connectivity index (χ2v) is 6.12. The lowest BCUT2D eigenvalue weighted by molar-refractivity contribution is -0.121. The van der Waals surface area contributed by atoms with E-state index in [-0.39, 0.29) is 17.3 Å². The molecule has 5 nitrogen and oxygen atoms in total. The average Bonchev–Trinajstić information content (AvgIpc) is 2.55. The zero-order valence-corrected chi connectivity index (χ0v) is 13.8. The highest BCUT2D eigenvalue weighted by Crippen LogP contribution is 2.30. The summed E-state index contributed by atoms with van der Waals surface area (Å²) in [6.07, 6.45) is 2.74. The Hall–Kier alpha value is -1.66. The molecule has 1 saturated heterocycles. The van der Waals surface area contributed by atoms with Crippen LogP contribution in [-0.4, -0.2) is 43.7 Å². The lowest BCUT2D eigenvalue weighted by atomic mass is 9.87. The van der Waals surface area contributed by atoms with Gasteiger partial charge in [0.25, 0.3) is 0 Å². The standard InChI is InChI=1S/C17H25FN2O3/c1-22-14-5-4-13(15(18)10-14)11-20-9-3-7-17(12-20,23-2)8-6-16(19)21/h4-5,10H,3,6-9,11-12H2,1-2H3,(H2,19,21). The molecule has 1 atom stereocenters. The van der Waals surface area contributed by atoms with E-state index in [4.69, 9.17) is 15.2 Å². The van der Waals surface area contributed by atoms with E-state index < -0.39 is 0 Å². The molecule has 1 aliphatic rings. The number of rotatable bonds is 7. The van der Waals surface area contributed by atoms with Crippen molar-refractivity contribution in [2.24, 2.45) is 5.73 Å². The van der Waals surface area contributed by atoms with Gasteiger partial charge >= 0.3 is 0 Å². The summed E-state index contributed by atoms with van der Waals surface area (Å²) in [7, 11) is 3.18. The van der Waals surface area contributed by atoms with Gasteiger partial charge in [0, 0.05) is 38.2 Å². The maximum Gasteiger partial charge on any atom is 0.217 e. The molecule has 23 heavy (non-hydrogen) atoms. The van der Waals surface area contributed by atoms with Crippen LogP contribution in [0.4, 0.5) is 4.39 Å². The summed E-state index contributed by atoms with van der Waals surface area (Å²) in [5, 5.41) is 0. The highest BCUT2D eigenvalue weighted by molar-refractivity contribution is 5.73. The maximum absolute atomic E-state index is 14.1. The number of nitrogens with zero attached hydrogens (tertiary/aromatic N) is 1. The Labute approximate surface area is 136 Å². The van der Waals surface area contributed by atoms with Crippen LogP contribution in [0.2, 0.25) is 0 Å². The van der Waals surface area contributed by atoms with Crippen molar-refractivity contribution >= 4 is 5.91 Å². The molecule has 6 heteroatoms. The number of amides is 1. The molecular formula is C17H25FN2O3. The van der Waals surface area contributed by atoms with Crippen molar-refractivity contribution in [1.29, 1.82) is 0 Å². The number of benzene rings is 1. The molecule has 0 aliphatic carbocycles. The minimum Gasteiger partial charge on any atom is -0.497 e. The monoisotopic (exact) mass is 324 g/mol. The SMILES string of the molecule is COc1ccc(CN2CCCC(CCC(N)=O)(OC)C2)c(F)c1. The maximum atomic E-state index is 14.1. The highest BCUT2D eigenvalue weighted by atomic mass is 19.1. The number of nitrogens with two attached hydrogens (primary N) is 1. The Morgan fingerprint density at radius 1 is 1.43 bits per heavy atom. The van der Waals surface area contributed by atoms with E-state index in [1.807, 2.05) is 0 Å². The van der Waals surface area contributed by atoms with E-state index in [1.165, 1.54) is 13.2 Å². The molecule has 1 unspecified atom stereocenters. The van der Waals surface area contributed by atoms with Gasteiger partial charge in [-0.25, -0.2) is 4.39 Å². The first-order chi connectivity index (χ1) is 11.0. The van der Waals surface area contributed by atoms with Crippen LogP contribution in [0.1, 0.15) is 31.2 Å². The van der Waals surface area contributed by atoms with E-state index in [0.29, 0.717) is 37.2 Å². The molecule has 0 bridgehead atoms. The van der Waals surface area contributed by atoms with Gasteiger partial charge in [-0.2, -0.15) is 0 Å². The van der Waals surface area contributed by atoms with Gasteiger partial charge in [-0.3, -0.25) is 9.69 Å². The van der Waals surface area contributed by atoms with Gasteiger partial charge in [0.15, 0.2) is 0 Å². The third-order valence-electron chi connectivity index (χ3n) is 4.53. The summed E-state index contributed by atoms with van der Waals surface area (Å²) in [5.74, 6) is -0.0765. The first kappa shape index (κ1) is 17.7. The minimum atomic E-state index is -0.379. The van der Waals surface area contributed by atoms with Crippen LogP contribution in [0.5, 0.6) is 5.75 Å². The number of methoxy groups -OCH3 is 2. The number of carbonyl (C=O) groups is 1. The summed E-state index contributed by atoms with van der Waals surface area (Å²) in [4.78, 5) is 13.2. The second-order valence-electron chi connectivity index (χ2n) is 6.12. The molecule has 1 aliphatic heterocycles. The summed E-state index contributed by atoms with van der Waals surface area (Å²) in [6, 6.07) is 4.91. The van der Waals surface area contributed by atoms with Crippen molar-refractivity contribution in [2.45, 2.75) is 37.8 Å². The molecule has 1 aromatic carbocycles. The van der Waals surface area contributed by atoms with E-state index in [0.717, 1.165) is 19.4 Å². The fraction of sp³-hybridized carbons (Fsp3) is 0.588. The van der Waals surface area contributed by atoms with Crippen molar-refractivity contribution in [2.75, 3.05) is 27.3 Å². The van der Waals surface area contributed by atoms with Gasteiger partial charge in [0.05, 0.1) is 12.7 Å². The van der Waals surface area contributed by atoms with Gasteiger partial charge in [-0.15, -0.1) is 0 Å². The van der Waals surface area contributed by atoms with Crippen LogP contribution in [0, 0.1) is 5.82 Å². The normalized spacial score (nSPS) is 22.0. The molecule has 1 fully saturated rings. The summed E-state index contributed by atoms with van der Waals surface area (Å²) in [6.45, 7) is 2.06. The zero-order chi connectivity index (χ0) is 16.9. The number of piperidine rings is 1. The second kappa shape index (κ2) is 7.75. The van der Waals surface area contributed by atoms with Crippen LogP contribution in [0.3, 0.4) is 0 Å². The first-order valence-corrected chi connectivity index (χ1v) is 7.86. The van der Waals surface area contributed by atoms with Gasteiger partial charge in [-0.1, -0.05) is 6.07 Å². The quantitative estimate of drug-likeness (QED) is 0.834. The third kappa shape index (κ3) is 4.65. The Kier molecular flexibility index (Phi) is 5.96. The summed E-state index contributed by atoms with van der Waals surface area (Å²) >= 11 is 0. The molecule has 0 saturated carbocycles. The highest BCUT2D eigenvalue weighted by Gasteiger charge is 2.35. The number of hydrogen-bond acceptors (Lipinski definition) is 4. The Morgan fingerprint density at radius 2 is 2.22 bits per heavy atom. The molecular weight excluding hydrogens is 299 g/mol. The number of carbonyl (C=O) groups excluding carboxylic acids is 1. The Bertz CT molecular complexity index is 553.